The molecule has 1 heteroatoms. The number of hydrogen-bond acceptors (Lipinski definition) is 1. The highest BCUT2D eigenvalue weighted by molar-refractivity contribution is 6.29. The summed E-state index contributed by atoms with van der Waals surface area (Å²) in [6.45, 7) is 9.04. The average molecular weight is 656 g/mol. The van der Waals surface area contributed by atoms with Crippen LogP contribution in [0, 0.1) is 0 Å². The highest BCUT2D eigenvalue weighted by atomic mass is 15.1. The fourth-order valence-electron chi connectivity index (χ4n) is 8.23. The van der Waals surface area contributed by atoms with E-state index in [0.29, 0.717) is 11.8 Å². The SMILES string of the molecule is CC(C)c1ccc(N(c2ccc(C(C)C)cc2)c2ccc3c4c(cccc24)-c2c-3c(-c3ccccc3)c3ccccc3c2-c2ccccc2)cc1. The summed E-state index contributed by atoms with van der Waals surface area (Å²) in [5.74, 6) is 0.947. The number of nitrogens with zero attached hydrogens (tertiary/aromatic N) is 1. The summed E-state index contributed by atoms with van der Waals surface area (Å²) >= 11 is 0. The number of anilines is 3. The first kappa shape index (κ1) is 31.1. The van der Waals surface area contributed by atoms with Gasteiger partial charge in [-0.2, -0.15) is 0 Å². The van der Waals surface area contributed by atoms with Crippen molar-refractivity contribution in [3.63, 3.8) is 0 Å². The van der Waals surface area contributed by atoms with Crippen molar-refractivity contribution in [3.05, 3.63) is 175 Å². The van der Waals surface area contributed by atoms with Crippen LogP contribution >= 0.6 is 0 Å². The second-order valence-corrected chi connectivity index (χ2v) is 14.5. The monoisotopic (exact) mass is 655 g/mol. The van der Waals surface area contributed by atoms with Crippen molar-refractivity contribution in [2.24, 2.45) is 0 Å². The van der Waals surface area contributed by atoms with Crippen molar-refractivity contribution in [1.29, 1.82) is 0 Å². The first-order valence-corrected chi connectivity index (χ1v) is 18.3. The Morgan fingerprint density at radius 3 is 1.25 bits per heavy atom. The van der Waals surface area contributed by atoms with Gasteiger partial charge in [0.1, 0.15) is 0 Å². The van der Waals surface area contributed by atoms with Crippen LogP contribution in [-0.4, -0.2) is 0 Å². The number of rotatable bonds is 7. The molecule has 0 saturated heterocycles. The Kier molecular flexibility index (Phi) is 7.59. The van der Waals surface area contributed by atoms with Crippen LogP contribution in [0.3, 0.4) is 0 Å². The van der Waals surface area contributed by atoms with Crippen LogP contribution in [0.5, 0.6) is 0 Å². The van der Waals surface area contributed by atoms with Crippen molar-refractivity contribution in [2.45, 2.75) is 39.5 Å². The fraction of sp³-hybridized carbons (Fsp3) is 0.120. The minimum absolute atomic E-state index is 0.473. The zero-order valence-corrected chi connectivity index (χ0v) is 29.7. The summed E-state index contributed by atoms with van der Waals surface area (Å²) in [5.41, 5.74) is 16.5. The second-order valence-electron chi connectivity index (χ2n) is 14.5. The molecule has 0 unspecified atom stereocenters. The topological polar surface area (TPSA) is 3.24 Å². The first-order valence-electron chi connectivity index (χ1n) is 18.3. The Hall–Kier alpha value is -5.92. The molecule has 0 spiro atoms. The molecule has 0 fully saturated rings. The normalized spacial score (nSPS) is 11.9. The summed E-state index contributed by atoms with van der Waals surface area (Å²) in [6.07, 6.45) is 0. The van der Waals surface area contributed by atoms with Gasteiger partial charge in [-0.3, -0.25) is 0 Å². The zero-order chi connectivity index (χ0) is 34.6. The van der Waals surface area contributed by atoms with E-state index in [2.05, 4.69) is 196 Å². The van der Waals surface area contributed by atoms with Gasteiger partial charge in [-0.05, 0) is 114 Å². The minimum Gasteiger partial charge on any atom is -0.310 e. The predicted octanol–water partition coefficient (Wildman–Crippen LogP) is 14.7. The molecule has 1 nitrogen and oxygen atoms in total. The molecule has 0 atom stereocenters. The number of fused-ring (bicyclic) bond motifs is 4. The lowest BCUT2D eigenvalue weighted by Crippen LogP contribution is -2.11. The van der Waals surface area contributed by atoms with Gasteiger partial charge in [-0.1, -0.05) is 161 Å². The molecule has 1 aliphatic carbocycles. The molecule has 0 saturated carbocycles. The van der Waals surface area contributed by atoms with Crippen LogP contribution in [-0.2, 0) is 0 Å². The molecule has 0 bridgehead atoms. The van der Waals surface area contributed by atoms with Gasteiger partial charge in [0.25, 0.3) is 0 Å². The van der Waals surface area contributed by atoms with Gasteiger partial charge in [-0.25, -0.2) is 0 Å². The van der Waals surface area contributed by atoms with Crippen LogP contribution in [0.25, 0.3) is 66.1 Å². The zero-order valence-electron chi connectivity index (χ0n) is 29.7. The molecular formula is C50H41N. The Morgan fingerprint density at radius 1 is 0.353 bits per heavy atom. The van der Waals surface area contributed by atoms with Crippen LogP contribution in [0.15, 0.2) is 164 Å². The standard InChI is InChI=1S/C50H41N/c1-32(2)34-22-26-38(27-23-34)51(39-28-24-35(25-29-39)33(3)4)45-31-30-44-48-42(45)20-13-21-43(48)49-46(36-14-7-5-8-15-36)40-18-11-12-19-41(40)47(50(44)49)37-16-9-6-10-17-37/h5-33H,1-4H3. The van der Waals surface area contributed by atoms with E-state index in [1.165, 1.54) is 82.9 Å². The Balaban J connectivity index is 1.36. The summed E-state index contributed by atoms with van der Waals surface area (Å²) in [5, 5.41) is 5.13. The van der Waals surface area contributed by atoms with Gasteiger partial charge in [0.05, 0.1) is 5.69 Å². The van der Waals surface area contributed by atoms with E-state index in [1.54, 1.807) is 0 Å². The maximum absolute atomic E-state index is 2.45. The minimum atomic E-state index is 0.473. The summed E-state index contributed by atoms with van der Waals surface area (Å²) in [6, 6.07) is 60.9. The van der Waals surface area contributed by atoms with Crippen molar-refractivity contribution in [3.8, 4) is 44.5 Å². The van der Waals surface area contributed by atoms with E-state index in [1.807, 2.05) is 0 Å². The lowest BCUT2D eigenvalue weighted by molar-refractivity contribution is 0.866. The Morgan fingerprint density at radius 2 is 0.784 bits per heavy atom. The molecule has 0 heterocycles. The molecule has 9 rings (SSSR count). The third-order valence-corrected chi connectivity index (χ3v) is 10.8. The second kappa shape index (κ2) is 12.4. The maximum Gasteiger partial charge on any atom is 0.0540 e. The average Bonchev–Trinajstić information content (AvgIpc) is 3.50. The van der Waals surface area contributed by atoms with Gasteiger partial charge in [0.15, 0.2) is 0 Å². The van der Waals surface area contributed by atoms with Gasteiger partial charge < -0.3 is 4.90 Å². The van der Waals surface area contributed by atoms with Crippen LogP contribution < -0.4 is 4.90 Å². The third-order valence-electron chi connectivity index (χ3n) is 10.8. The molecule has 8 aromatic rings. The van der Waals surface area contributed by atoms with E-state index in [-0.39, 0.29) is 0 Å². The largest absolute Gasteiger partial charge is 0.310 e. The van der Waals surface area contributed by atoms with Crippen molar-refractivity contribution < 1.29 is 0 Å². The van der Waals surface area contributed by atoms with E-state index >= 15 is 0 Å². The molecule has 0 N–H and O–H groups in total. The Bertz CT molecular complexity index is 2400. The summed E-state index contributed by atoms with van der Waals surface area (Å²) in [7, 11) is 0. The summed E-state index contributed by atoms with van der Waals surface area (Å²) in [4.78, 5) is 2.45. The molecule has 0 amide bonds. The van der Waals surface area contributed by atoms with Gasteiger partial charge >= 0.3 is 0 Å². The predicted molar refractivity (Wildman–Crippen MR) is 220 cm³/mol. The quantitative estimate of drug-likeness (QED) is 0.165. The van der Waals surface area contributed by atoms with Gasteiger partial charge in [-0.15, -0.1) is 0 Å². The molecule has 51 heavy (non-hydrogen) atoms. The van der Waals surface area contributed by atoms with Crippen LogP contribution in [0.1, 0.15) is 50.7 Å². The highest BCUT2D eigenvalue weighted by Gasteiger charge is 2.32. The highest BCUT2D eigenvalue weighted by Crippen LogP contribution is 2.59. The third kappa shape index (κ3) is 5.07. The lowest BCUT2D eigenvalue weighted by atomic mass is 9.82. The number of hydrogen-bond donors (Lipinski definition) is 0. The lowest BCUT2D eigenvalue weighted by Gasteiger charge is -2.28. The molecule has 8 aromatic carbocycles. The van der Waals surface area contributed by atoms with Crippen LogP contribution in [0.4, 0.5) is 17.1 Å². The fourth-order valence-corrected chi connectivity index (χ4v) is 8.23. The molecule has 0 radical (unpaired) electrons. The smallest absolute Gasteiger partial charge is 0.0540 e. The van der Waals surface area contributed by atoms with Crippen molar-refractivity contribution in [1.82, 2.24) is 0 Å². The number of benzene rings is 8. The van der Waals surface area contributed by atoms with E-state index in [0.717, 1.165) is 11.4 Å². The van der Waals surface area contributed by atoms with Crippen LogP contribution in [0.2, 0.25) is 0 Å². The van der Waals surface area contributed by atoms with Crippen molar-refractivity contribution in [2.75, 3.05) is 4.90 Å². The molecule has 0 aromatic heterocycles. The summed E-state index contributed by atoms with van der Waals surface area (Å²) < 4.78 is 0. The molecule has 0 aliphatic heterocycles. The maximum atomic E-state index is 2.45. The van der Waals surface area contributed by atoms with E-state index < -0.39 is 0 Å². The molecule has 246 valence electrons. The van der Waals surface area contributed by atoms with Gasteiger partial charge in [0, 0.05) is 16.8 Å². The van der Waals surface area contributed by atoms with E-state index in [9.17, 15) is 0 Å². The van der Waals surface area contributed by atoms with E-state index in [4.69, 9.17) is 0 Å². The molecular weight excluding hydrogens is 615 g/mol. The first-order chi connectivity index (χ1) is 25.0. The molecule has 1 aliphatic rings. The van der Waals surface area contributed by atoms with Gasteiger partial charge in [0.2, 0.25) is 0 Å². The Labute approximate surface area is 301 Å². The van der Waals surface area contributed by atoms with Crippen molar-refractivity contribution >= 4 is 38.6 Å².